The number of anilines is 1. The average Bonchev–Trinajstić information content (AvgIpc) is 2.95. The molecular weight excluding hydrogens is 492 g/mol. The number of rotatable bonds is 11. The predicted octanol–water partition coefficient (Wildman–Crippen LogP) is 4.15. The molecule has 0 saturated carbocycles. The Kier molecular flexibility index (Phi) is 9.42. The van der Waals surface area contributed by atoms with Crippen LogP contribution in [-0.4, -0.2) is 54.5 Å². The van der Waals surface area contributed by atoms with Gasteiger partial charge in [0.1, 0.15) is 5.70 Å². The zero-order chi connectivity index (χ0) is 27.7. The first-order chi connectivity index (χ1) is 18.4. The molecule has 0 heterocycles. The minimum atomic E-state index is -0.600. The summed E-state index contributed by atoms with van der Waals surface area (Å²) in [7, 11) is 8.89. The summed E-state index contributed by atoms with van der Waals surface area (Å²) in [6.07, 6.45) is 1.50. The lowest BCUT2D eigenvalue weighted by atomic mass is 10.1. The van der Waals surface area contributed by atoms with Crippen LogP contribution in [0.4, 0.5) is 5.69 Å². The molecule has 3 rings (SSSR count). The Balaban J connectivity index is 2.05. The van der Waals surface area contributed by atoms with E-state index in [2.05, 4.69) is 10.6 Å². The fourth-order valence-corrected chi connectivity index (χ4v) is 3.65. The molecule has 0 aliphatic carbocycles. The summed E-state index contributed by atoms with van der Waals surface area (Å²) in [5.41, 5.74) is 1.21. The largest absolute Gasteiger partial charge is 0.493 e. The summed E-state index contributed by atoms with van der Waals surface area (Å²) >= 11 is 0. The smallest absolute Gasteiger partial charge is 0.272 e. The second kappa shape index (κ2) is 12.9. The van der Waals surface area contributed by atoms with E-state index in [1.807, 2.05) is 0 Å². The first-order valence-corrected chi connectivity index (χ1v) is 11.4. The summed E-state index contributed by atoms with van der Waals surface area (Å²) in [6.45, 7) is 0. The molecular formula is C28H30N2O8. The first-order valence-electron chi connectivity index (χ1n) is 11.4. The molecule has 0 radical (unpaired) electrons. The third-order valence-electron chi connectivity index (χ3n) is 5.45. The van der Waals surface area contributed by atoms with Gasteiger partial charge in [0.15, 0.2) is 23.0 Å². The third-order valence-corrected chi connectivity index (χ3v) is 5.45. The summed E-state index contributed by atoms with van der Waals surface area (Å²) in [6, 6.07) is 15.0. The van der Waals surface area contributed by atoms with E-state index in [-0.39, 0.29) is 5.70 Å². The summed E-state index contributed by atoms with van der Waals surface area (Å²) < 4.78 is 32.3. The van der Waals surface area contributed by atoms with E-state index in [1.54, 1.807) is 54.6 Å². The molecule has 3 aromatic rings. The Morgan fingerprint density at radius 3 is 1.58 bits per heavy atom. The lowest BCUT2D eigenvalue weighted by molar-refractivity contribution is -0.113. The van der Waals surface area contributed by atoms with Crippen LogP contribution in [0.2, 0.25) is 0 Å². The highest BCUT2D eigenvalue weighted by Gasteiger charge is 2.20. The van der Waals surface area contributed by atoms with Crippen molar-refractivity contribution >= 4 is 23.6 Å². The van der Waals surface area contributed by atoms with E-state index in [4.69, 9.17) is 28.4 Å². The maximum Gasteiger partial charge on any atom is 0.272 e. The molecule has 0 atom stereocenters. The van der Waals surface area contributed by atoms with Gasteiger partial charge in [0.25, 0.3) is 11.8 Å². The highest BCUT2D eigenvalue weighted by Crippen LogP contribution is 2.40. The fourth-order valence-electron chi connectivity index (χ4n) is 3.65. The number of carbonyl (C=O) groups excluding carboxylic acids is 2. The highest BCUT2D eigenvalue weighted by molar-refractivity contribution is 6.11. The molecule has 0 saturated heterocycles. The van der Waals surface area contributed by atoms with Gasteiger partial charge in [-0.25, -0.2) is 0 Å². The lowest BCUT2D eigenvalue weighted by Gasteiger charge is -2.16. The average molecular weight is 523 g/mol. The van der Waals surface area contributed by atoms with Crippen molar-refractivity contribution < 1.29 is 38.0 Å². The molecule has 0 aromatic heterocycles. The van der Waals surface area contributed by atoms with Gasteiger partial charge in [-0.2, -0.15) is 0 Å². The Bertz CT molecular complexity index is 1270. The molecule has 38 heavy (non-hydrogen) atoms. The Morgan fingerprint density at radius 2 is 1.13 bits per heavy atom. The van der Waals surface area contributed by atoms with Crippen molar-refractivity contribution in [2.75, 3.05) is 48.0 Å². The van der Waals surface area contributed by atoms with Crippen molar-refractivity contribution in [1.29, 1.82) is 0 Å². The number of carbonyl (C=O) groups is 2. The quantitative estimate of drug-likeness (QED) is 0.361. The van der Waals surface area contributed by atoms with Gasteiger partial charge in [-0.3, -0.25) is 9.59 Å². The SMILES string of the molecule is COc1cc(C=C(NC(=O)c2ccccc2)C(=O)Nc2cc(OC)c(OC)c(OC)c2)cc(OC)c1OC. The predicted molar refractivity (Wildman–Crippen MR) is 143 cm³/mol. The van der Waals surface area contributed by atoms with Gasteiger partial charge >= 0.3 is 0 Å². The molecule has 0 aliphatic heterocycles. The molecule has 0 fully saturated rings. The third kappa shape index (κ3) is 6.28. The van der Waals surface area contributed by atoms with Crippen molar-refractivity contribution in [3.05, 3.63) is 71.4 Å². The van der Waals surface area contributed by atoms with Crippen LogP contribution in [0, 0.1) is 0 Å². The van der Waals surface area contributed by atoms with E-state index in [1.165, 1.54) is 48.7 Å². The second-order valence-corrected chi connectivity index (χ2v) is 7.70. The number of ether oxygens (including phenoxy) is 6. The number of benzene rings is 3. The van der Waals surface area contributed by atoms with Crippen molar-refractivity contribution in [3.63, 3.8) is 0 Å². The van der Waals surface area contributed by atoms with E-state index in [0.29, 0.717) is 51.3 Å². The van der Waals surface area contributed by atoms with Crippen LogP contribution >= 0.6 is 0 Å². The van der Waals surface area contributed by atoms with Gasteiger partial charge in [0.2, 0.25) is 11.5 Å². The minimum absolute atomic E-state index is 0.0399. The summed E-state index contributed by atoms with van der Waals surface area (Å²) in [5.74, 6) is 1.18. The summed E-state index contributed by atoms with van der Waals surface area (Å²) in [4.78, 5) is 26.5. The van der Waals surface area contributed by atoms with Crippen LogP contribution in [0.1, 0.15) is 15.9 Å². The molecule has 0 aliphatic rings. The van der Waals surface area contributed by atoms with Gasteiger partial charge in [-0.05, 0) is 35.9 Å². The van der Waals surface area contributed by atoms with Crippen molar-refractivity contribution in [3.8, 4) is 34.5 Å². The maximum absolute atomic E-state index is 13.5. The van der Waals surface area contributed by atoms with Crippen LogP contribution in [0.25, 0.3) is 6.08 Å². The van der Waals surface area contributed by atoms with Gasteiger partial charge in [-0.1, -0.05) is 18.2 Å². The van der Waals surface area contributed by atoms with Crippen LogP contribution in [0.5, 0.6) is 34.5 Å². The molecule has 3 aromatic carbocycles. The van der Waals surface area contributed by atoms with E-state index >= 15 is 0 Å². The van der Waals surface area contributed by atoms with Crippen molar-refractivity contribution in [2.24, 2.45) is 0 Å². The zero-order valence-corrected chi connectivity index (χ0v) is 22.0. The normalized spacial score (nSPS) is 10.7. The zero-order valence-electron chi connectivity index (χ0n) is 22.0. The number of methoxy groups -OCH3 is 6. The second-order valence-electron chi connectivity index (χ2n) is 7.70. The van der Waals surface area contributed by atoms with Gasteiger partial charge < -0.3 is 39.1 Å². The Morgan fingerprint density at radius 1 is 0.658 bits per heavy atom. The number of hydrogen-bond donors (Lipinski definition) is 2. The van der Waals surface area contributed by atoms with Crippen LogP contribution in [0.3, 0.4) is 0 Å². The van der Waals surface area contributed by atoms with Gasteiger partial charge in [0.05, 0.1) is 42.7 Å². The molecule has 0 bridgehead atoms. The van der Waals surface area contributed by atoms with E-state index in [0.717, 1.165) is 0 Å². The molecule has 10 nitrogen and oxygen atoms in total. The Hall–Kier alpha value is -4.86. The standard InChI is InChI=1S/C28H30N2O8/c1-33-21-13-17(14-22(34-2)25(21)37-5)12-20(30-27(31)18-10-8-7-9-11-18)28(32)29-19-15-23(35-3)26(38-6)24(16-19)36-4/h7-16H,1-6H3,(H,29,32)(H,30,31). The maximum atomic E-state index is 13.5. The number of hydrogen-bond acceptors (Lipinski definition) is 8. The molecule has 0 unspecified atom stereocenters. The number of amides is 2. The number of nitrogens with one attached hydrogen (secondary N) is 2. The highest BCUT2D eigenvalue weighted by atomic mass is 16.5. The van der Waals surface area contributed by atoms with Crippen LogP contribution < -0.4 is 39.1 Å². The molecule has 2 N–H and O–H groups in total. The van der Waals surface area contributed by atoms with Crippen molar-refractivity contribution in [2.45, 2.75) is 0 Å². The molecule has 200 valence electrons. The molecule has 0 spiro atoms. The van der Waals surface area contributed by atoms with Crippen LogP contribution in [0.15, 0.2) is 60.3 Å². The summed E-state index contributed by atoms with van der Waals surface area (Å²) in [5, 5.41) is 5.47. The monoisotopic (exact) mass is 522 g/mol. The molecule has 2 amide bonds. The topological polar surface area (TPSA) is 114 Å². The van der Waals surface area contributed by atoms with Crippen LogP contribution in [-0.2, 0) is 4.79 Å². The lowest BCUT2D eigenvalue weighted by Crippen LogP contribution is -2.30. The van der Waals surface area contributed by atoms with Crippen molar-refractivity contribution in [1.82, 2.24) is 5.32 Å². The Labute approximate surface area is 221 Å². The van der Waals surface area contributed by atoms with E-state index in [9.17, 15) is 9.59 Å². The fraction of sp³-hybridized carbons (Fsp3) is 0.214. The van der Waals surface area contributed by atoms with Gasteiger partial charge in [-0.15, -0.1) is 0 Å². The van der Waals surface area contributed by atoms with Gasteiger partial charge in [0, 0.05) is 23.4 Å². The first kappa shape index (κ1) is 27.7. The molecule has 10 heteroatoms. The minimum Gasteiger partial charge on any atom is -0.493 e. The van der Waals surface area contributed by atoms with E-state index < -0.39 is 11.8 Å².